The van der Waals surface area contributed by atoms with E-state index >= 15 is 0 Å². The maximum atomic E-state index is 12.2. The van der Waals surface area contributed by atoms with E-state index in [9.17, 15) is 34.2 Å². The molecule has 1 aromatic rings. The van der Waals surface area contributed by atoms with Gasteiger partial charge in [-0.05, 0) is 24.1 Å². The van der Waals surface area contributed by atoms with Crippen LogP contribution in [0.2, 0.25) is 0 Å². The Morgan fingerprint density at radius 3 is 2.06 bits per heavy atom. The van der Waals surface area contributed by atoms with E-state index in [1.807, 2.05) is 5.32 Å². The highest BCUT2D eigenvalue weighted by Gasteiger charge is 2.26. The second-order valence-corrected chi connectivity index (χ2v) is 6.49. The second-order valence-electron chi connectivity index (χ2n) is 6.49. The lowest BCUT2D eigenvalue weighted by Crippen LogP contribution is -2.55. The zero-order valence-electron chi connectivity index (χ0n) is 16.3. The second kappa shape index (κ2) is 12.1. The average Bonchev–Trinajstić information content (AvgIpc) is 2.70. The smallest absolute Gasteiger partial charge is 0.326 e. The molecule has 0 saturated heterocycles. The summed E-state index contributed by atoms with van der Waals surface area (Å²) in [7, 11) is 0. The minimum Gasteiger partial charge on any atom is -0.508 e. The van der Waals surface area contributed by atoms with Crippen LogP contribution >= 0.6 is 0 Å². The zero-order valence-corrected chi connectivity index (χ0v) is 16.3. The van der Waals surface area contributed by atoms with Crippen molar-refractivity contribution in [1.29, 1.82) is 0 Å². The first-order chi connectivity index (χ1) is 14.5. The topological polar surface area (TPSA) is 228 Å². The molecule has 0 spiro atoms. The van der Waals surface area contributed by atoms with Crippen molar-refractivity contribution in [2.75, 3.05) is 13.2 Å². The summed E-state index contributed by atoms with van der Waals surface area (Å²) in [5.41, 5.74) is 6.43. The minimum atomic E-state index is -1.69. The van der Waals surface area contributed by atoms with Crippen LogP contribution in [0.25, 0.3) is 0 Å². The Morgan fingerprint density at radius 2 is 1.55 bits per heavy atom. The molecule has 0 aliphatic heterocycles. The molecule has 0 bridgehead atoms. The van der Waals surface area contributed by atoms with Gasteiger partial charge < -0.3 is 42.1 Å². The van der Waals surface area contributed by atoms with Gasteiger partial charge in [0.05, 0.1) is 25.6 Å². The summed E-state index contributed by atoms with van der Waals surface area (Å²) in [4.78, 5) is 57.5. The molecule has 0 heterocycles. The van der Waals surface area contributed by atoms with Crippen LogP contribution in [0.15, 0.2) is 24.3 Å². The Labute approximate surface area is 176 Å². The molecule has 31 heavy (non-hydrogen) atoms. The average molecular weight is 440 g/mol. The third-order valence-corrected chi connectivity index (χ3v) is 3.98. The maximum absolute atomic E-state index is 12.2. The molecule has 1 rings (SSSR count). The van der Waals surface area contributed by atoms with Crippen LogP contribution in [-0.4, -0.2) is 81.4 Å². The summed E-state index contributed by atoms with van der Waals surface area (Å²) >= 11 is 0. The van der Waals surface area contributed by atoms with Crippen LogP contribution in [0.4, 0.5) is 0 Å². The monoisotopic (exact) mass is 440 g/mol. The molecular formula is C18H24N4O9. The van der Waals surface area contributed by atoms with E-state index in [0.29, 0.717) is 5.56 Å². The molecule has 13 heteroatoms. The van der Waals surface area contributed by atoms with E-state index in [1.54, 1.807) is 12.1 Å². The molecule has 13 nitrogen and oxygen atoms in total. The van der Waals surface area contributed by atoms with Crippen molar-refractivity contribution in [2.24, 2.45) is 5.73 Å². The van der Waals surface area contributed by atoms with Crippen LogP contribution in [0.5, 0.6) is 5.75 Å². The summed E-state index contributed by atoms with van der Waals surface area (Å²) in [5.74, 6) is -5.63. The number of benzene rings is 1. The fraction of sp³-hybridized carbons (Fsp3) is 0.389. The van der Waals surface area contributed by atoms with Gasteiger partial charge in [-0.25, -0.2) is 4.79 Å². The molecule has 170 valence electrons. The Balaban J connectivity index is 2.55. The third kappa shape index (κ3) is 9.10. The van der Waals surface area contributed by atoms with Crippen LogP contribution in [0, 0.1) is 0 Å². The fourth-order valence-corrected chi connectivity index (χ4v) is 2.36. The van der Waals surface area contributed by atoms with Gasteiger partial charge in [-0.2, -0.15) is 0 Å². The Bertz CT molecular complexity index is 813. The van der Waals surface area contributed by atoms with Crippen molar-refractivity contribution in [3.63, 3.8) is 0 Å². The highest BCUT2D eigenvalue weighted by atomic mass is 16.4. The lowest BCUT2D eigenvalue weighted by Gasteiger charge is -2.19. The van der Waals surface area contributed by atoms with Crippen LogP contribution in [0.1, 0.15) is 12.0 Å². The molecule has 3 atom stereocenters. The van der Waals surface area contributed by atoms with Gasteiger partial charge in [-0.15, -0.1) is 0 Å². The minimum absolute atomic E-state index is 0.0421. The van der Waals surface area contributed by atoms with Gasteiger partial charge in [-0.1, -0.05) is 12.1 Å². The number of aliphatic hydroxyl groups excluding tert-OH is 1. The highest BCUT2D eigenvalue weighted by Crippen LogP contribution is 2.10. The number of nitrogens with two attached hydrogens (primary N) is 1. The van der Waals surface area contributed by atoms with E-state index in [0.717, 1.165) is 0 Å². The van der Waals surface area contributed by atoms with Crippen molar-refractivity contribution < 1.29 is 44.4 Å². The van der Waals surface area contributed by atoms with E-state index in [2.05, 4.69) is 10.6 Å². The number of hydrogen-bond donors (Lipinski definition) is 8. The molecular weight excluding hydrogens is 416 g/mol. The molecule has 0 aliphatic carbocycles. The summed E-state index contributed by atoms with van der Waals surface area (Å²) in [6.07, 6.45) is -0.766. The van der Waals surface area contributed by atoms with Gasteiger partial charge in [0, 0.05) is 0 Å². The maximum Gasteiger partial charge on any atom is 0.326 e. The Morgan fingerprint density at radius 1 is 0.935 bits per heavy atom. The third-order valence-electron chi connectivity index (χ3n) is 3.98. The summed E-state index contributed by atoms with van der Waals surface area (Å²) in [6, 6.07) is 1.77. The number of carbonyl (C=O) groups is 5. The van der Waals surface area contributed by atoms with E-state index in [-0.39, 0.29) is 12.2 Å². The number of carboxylic acid groups (broad SMARTS) is 2. The lowest BCUT2D eigenvalue weighted by molar-refractivity contribution is -0.147. The fourth-order valence-electron chi connectivity index (χ4n) is 2.36. The van der Waals surface area contributed by atoms with Crippen molar-refractivity contribution in [1.82, 2.24) is 16.0 Å². The molecule has 0 saturated carbocycles. The van der Waals surface area contributed by atoms with Crippen molar-refractivity contribution in [2.45, 2.75) is 31.0 Å². The van der Waals surface area contributed by atoms with Gasteiger partial charge in [0.15, 0.2) is 0 Å². The number of rotatable bonds is 12. The molecule has 0 aromatic heterocycles. The van der Waals surface area contributed by atoms with Crippen molar-refractivity contribution in [3.8, 4) is 5.75 Å². The number of amides is 3. The van der Waals surface area contributed by atoms with Gasteiger partial charge in [-0.3, -0.25) is 19.2 Å². The summed E-state index contributed by atoms with van der Waals surface area (Å²) in [6.45, 7) is -1.52. The quantitative estimate of drug-likeness (QED) is 0.163. The molecule has 3 unspecified atom stereocenters. The number of aliphatic hydroxyl groups is 1. The van der Waals surface area contributed by atoms with Gasteiger partial charge in [0.1, 0.15) is 17.8 Å². The van der Waals surface area contributed by atoms with E-state index in [1.165, 1.54) is 12.1 Å². The van der Waals surface area contributed by atoms with Crippen LogP contribution in [-0.2, 0) is 30.4 Å². The summed E-state index contributed by atoms with van der Waals surface area (Å²) < 4.78 is 0. The van der Waals surface area contributed by atoms with Gasteiger partial charge >= 0.3 is 11.9 Å². The number of phenols is 1. The number of phenolic OH excluding ortho intramolecular Hbond substituents is 1. The lowest BCUT2D eigenvalue weighted by atomic mass is 10.1. The predicted molar refractivity (Wildman–Crippen MR) is 104 cm³/mol. The first-order valence-electron chi connectivity index (χ1n) is 8.99. The SMILES string of the molecule is NC(Cc1ccc(O)cc1)C(=O)NC(CO)C(=O)NCC(=O)NC(CC(=O)O)C(=O)O. The first-order valence-corrected chi connectivity index (χ1v) is 8.99. The zero-order chi connectivity index (χ0) is 23.6. The number of hydrogen-bond acceptors (Lipinski definition) is 8. The Hall–Kier alpha value is -3.71. The molecule has 9 N–H and O–H groups in total. The van der Waals surface area contributed by atoms with Gasteiger partial charge in [0.2, 0.25) is 17.7 Å². The van der Waals surface area contributed by atoms with Crippen molar-refractivity contribution in [3.05, 3.63) is 29.8 Å². The molecule has 3 amide bonds. The number of nitrogens with one attached hydrogen (secondary N) is 3. The van der Waals surface area contributed by atoms with E-state index < -0.39 is 67.4 Å². The van der Waals surface area contributed by atoms with Crippen molar-refractivity contribution >= 4 is 29.7 Å². The van der Waals surface area contributed by atoms with E-state index in [4.69, 9.17) is 15.9 Å². The first kappa shape index (κ1) is 25.3. The molecule has 0 fully saturated rings. The number of carbonyl (C=O) groups excluding carboxylic acids is 3. The molecule has 0 radical (unpaired) electrons. The molecule has 0 aliphatic rings. The summed E-state index contributed by atoms with van der Waals surface area (Å²) in [5, 5.41) is 42.3. The normalized spacial score (nSPS) is 13.4. The Kier molecular flexibility index (Phi) is 9.88. The predicted octanol–water partition coefficient (Wildman–Crippen LogP) is -3.10. The highest BCUT2D eigenvalue weighted by molar-refractivity contribution is 5.93. The standard InChI is InChI=1S/C18H24N4O9/c19-11(5-9-1-3-10(24)4-2-9)16(28)22-13(8-23)17(29)20-7-14(25)21-12(18(30)31)6-15(26)27/h1-4,11-13,23-24H,5-8,19H2,(H,20,29)(H,21,25)(H,22,28)(H,26,27)(H,30,31). The number of aromatic hydroxyl groups is 1. The molecule has 1 aromatic carbocycles. The number of aliphatic carboxylic acids is 2. The van der Waals surface area contributed by atoms with Gasteiger partial charge in [0.25, 0.3) is 0 Å². The largest absolute Gasteiger partial charge is 0.508 e. The van der Waals surface area contributed by atoms with Crippen LogP contribution < -0.4 is 21.7 Å². The number of carboxylic acids is 2. The van der Waals surface area contributed by atoms with Crippen LogP contribution in [0.3, 0.4) is 0 Å².